The minimum atomic E-state index is -1.92. The lowest BCUT2D eigenvalue weighted by atomic mass is 9.74. The summed E-state index contributed by atoms with van der Waals surface area (Å²) >= 11 is 0. The van der Waals surface area contributed by atoms with Gasteiger partial charge < -0.3 is 24.1 Å². The summed E-state index contributed by atoms with van der Waals surface area (Å²) in [6, 6.07) is 0. The van der Waals surface area contributed by atoms with Crippen molar-refractivity contribution in [3.63, 3.8) is 0 Å². The summed E-state index contributed by atoms with van der Waals surface area (Å²) in [5, 5.41) is 11.2. The van der Waals surface area contributed by atoms with E-state index in [0.717, 1.165) is 5.57 Å². The zero-order chi connectivity index (χ0) is 26.3. The van der Waals surface area contributed by atoms with Gasteiger partial charge in [-0.15, -0.1) is 0 Å². The summed E-state index contributed by atoms with van der Waals surface area (Å²) < 4.78 is 23.3. The maximum atomic E-state index is 12.8. The molecule has 9 nitrogen and oxygen atoms in total. The molecule has 9 atom stereocenters. The predicted molar refractivity (Wildman–Crippen MR) is 124 cm³/mol. The molecule has 2 fully saturated rings. The molecule has 2 aliphatic carbocycles. The number of aliphatic hydroxyl groups is 1. The Kier molecular flexibility index (Phi) is 7.70. The highest BCUT2D eigenvalue weighted by Crippen LogP contribution is 2.55. The normalized spacial score (nSPS) is 38.9. The lowest BCUT2D eigenvalue weighted by Crippen LogP contribution is -2.50. The molecule has 1 saturated heterocycles. The van der Waals surface area contributed by atoms with Gasteiger partial charge in [0.2, 0.25) is 0 Å². The first kappa shape index (κ1) is 27.2. The summed E-state index contributed by atoms with van der Waals surface area (Å²) in [5.41, 5.74) is -2.37. The Hall–Kier alpha value is -2.42. The van der Waals surface area contributed by atoms with Crippen LogP contribution >= 0.6 is 0 Å². The molecule has 0 spiro atoms. The molecule has 0 aromatic carbocycles. The third kappa shape index (κ3) is 4.97. The Morgan fingerprint density at radius 3 is 2.43 bits per heavy atom. The van der Waals surface area contributed by atoms with E-state index in [4.69, 9.17) is 18.9 Å². The third-order valence-electron chi connectivity index (χ3n) is 7.80. The fourth-order valence-corrected chi connectivity index (χ4v) is 5.97. The second kappa shape index (κ2) is 9.91. The topological polar surface area (TPSA) is 125 Å². The van der Waals surface area contributed by atoms with Crippen LogP contribution in [0.4, 0.5) is 0 Å². The van der Waals surface area contributed by atoms with Gasteiger partial charge in [-0.05, 0) is 39.7 Å². The van der Waals surface area contributed by atoms with Gasteiger partial charge >= 0.3 is 23.9 Å². The molecule has 1 saturated carbocycles. The second-order valence-corrected chi connectivity index (χ2v) is 10.6. The molecule has 0 bridgehead atoms. The molecule has 9 unspecified atom stereocenters. The standard InChI is InChI=1S/C26H38O9/c1-8-10-18(28)32-17-12-25(6,35-15(5)27)20-16(33-23(29)13(3)9-2)11-14(4)19(20)22-21(17)26(7,31)24(30)34-22/h11,13,16-17,19-22,31H,8-10,12H2,1-7H3. The van der Waals surface area contributed by atoms with Crippen LogP contribution in [0.2, 0.25) is 0 Å². The van der Waals surface area contributed by atoms with Crippen LogP contribution in [0.25, 0.3) is 0 Å². The Balaban J connectivity index is 2.12. The average Bonchev–Trinajstić information content (AvgIpc) is 3.14. The Bertz CT molecular complexity index is 906. The number of hydrogen-bond acceptors (Lipinski definition) is 9. The van der Waals surface area contributed by atoms with Gasteiger partial charge in [-0.1, -0.05) is 26.3 Å². The summed E-state index contributed by atoms with van der Waals surface area (Å²) in [7, 11) is 0. The molecule has 35 heavy (non-hydrogen) atoms. The monoisotopic (exact) mass is 494 g/mol. The largest absolute Gasteiger partial charge is 0.462 e. The predicted octanol–water partition coefficient (Wildman–Crippen LogP) is 2.87. The van der Waals surface area contributed by atoms with Crippen molar-refractivity contribution in [3.05, 3.63) is 11.6 Å². The van der Waals surface area contributed by atoms with Gasteiger partial charge in [0.15, 0.2) is 5.60 Å². The molecule has 0 aromatic heterocycles. The molecule has 3 rings (SSSR count). The molecular formula is C26H38O9. The van der Waals surface area contributed by atoms with E-state index < -0.39 is 65.2 Å². The fourth-order valence-electron chi connectivity index (χ4n) is 5.97. The van der Waals surface area contributed by atoms with Crippen LogP contribution in [0.5, 0.6) is 0 Å². The smallest absolute Gasteiger partial charge is 0.338 e. The average molecular weight is 495 g/mol. The van der Waals surface area contributed by atoms with Crippen molar-refractivity contribution in [3.8, 4) is 0 Å². The highest BCUT2D eigenvalue weighted by molar-refractivity contribution is 5.82. The van der Waals surface area contributed by atoms with Crippen LogP contribution in [0.15, 0.2) is 11.6 Å². The molecule has 3 aliphatic rings. The number of ether oxygens (including phenoxy) is 4. The molecule has 196 valence electrons. The molecule has 0 amide bonds. The molecule has 0 aromatic rings. The number of esters is 4. The quantitative estimate of drug-likeness (QED) is 0.323. The van der Waals surface area contributed by atoms with E-state index in [1.807, 2.05) is 20.8 Å². The van der Waals surface area contributed by atoms with E-state index in [2.05, 4.69) is 0 Å². The number of hydrogen-bond donors (Lipinski definition) is 1. The van der Waals surface area contributed by atoms with Gasteiger partial charge in [-0.25, -0.2) is 4.79 Å². The van der Waals surface area contributed by atoms with Gasteiger partial charge in [0, 0.05) is 31.6 Å². The highest BCUT2D eigenvalue weighted by Gasteiger charge is 2.68. The number of fused-ring (bicyclic) bond motifs is 3. The summed E-state index contributed by atoms with van der Waals surface area (Å²) in [6.07, 6.45) is 0.569. The Morgan fingerprint density at radius 2 is 1.86 bits per heavy atom. The van der Waals surface area contributed by atoms with Crippen LogP contribution in [0.3, 0.4) is 0 Å². The lowest BCUT2D eigenvalue weighted by Gasteiger charge is -2.41. The van der Waals surface area contributed by atoms with E-state index in [-0.39, 0.29) is 24.7 Å². The molecule has 1 aliphatic heterocycles. The van der Waals surface area contributed by atoms with E-state index in [1.165, 1.54) is 13.8 Å². The van der Waals surface area contributed by atoms with Crippen molar-refractivity contribution in [2.24, 2.45) is 23.7 Å². The van der Waals surface area contributed by atoms with Gasteiger partial charge in [0.1, 0.15) is 23.9 Å². The summed E-state index contributed by atoms with van der Waals surface area (Å²) in [4.78, 5) is 50.3. The molecule has 1 N–H and O–H groups in total. The highest BCUT2D eigenvalue weighted by atomic mass is 16.6. The van der Waals surface area contributed by atoms with Crippen molar-refractivity contribution in [2.75, 3.05) is 0 Å². The van der Waals surface area contributed by atoms with Gasteiger partial charge in [0.25, 0.3) is 0 Å². The van der Waals surface area contributed by atoms with Crippen molar-refractivity contribution < 1.29 is 43.2 Å². The van der Waals surface area contributed by atoms with Crippen molar-refractivity contribution >= 4 is 23.9 Å². The first-order valence-corrected chi connectivity index (χ1v) is 12.5. The number of carbonyl (C=O) groups is 4. The maximum absolute atomic E-state index is 12.8. The lowest BCUT2D eigenvalue weighted by molar-refractivity contribution is -0.183. The van der Waals surface area contributed by atoms with E-state index in [1.54, 1.807) is 19.9 Å². The molecule has 9 heteroatoms. The summed E-state index contributed by atoms with van der Waals surface area (Å²) in [6.45, 7) is 11.7. The van der Waals surface area contributed by atoms with Gasteiger partial charge in [0.05, 0.1) is 11.8 Å². The molecule has 0 radical (unpaired) electrons. The van der Waals surface area contributed by atoms with Crippen molar-refractivity contribution in [2.45, 2.75) is 104 Å². The Labute approximate surface area is 206 Å². The van der Waals surface area contributed by atoms with E-state index >= 15 is 0 Å². The fraction of sp³-hybridized carbons (Fsp3) is 0.769. The van der Waals surface area contributed by atoms with E-state index in [9.17, 15) is 24.3 Å². The van der Waals surface area contributed by atoms with Gasteiger partial charge in [-0.2, -0.15) is 0 Å². The van der Waals surface area contributed by atoms with Crippen molar-refractivity contribution in [1.29, 1.82) is 0 Å². The van der Waals surface area contributed by atoms with Gasteiger partial charge in [-0.3, -0.25) is 14.4 Å². The van der Waals surface area contributed by atoms with Crippen LogP contribution in [0.1, 0.15) is 74.1 Å². The van der Waals surface area contributed by atoms with Crippen LogP contribution in [-0.2, 0) is 38.1 Å². The van der Waals surface area contributed by atoms with Crippen molar-refractivity contribution in [1.82, 2.24) is 0 Å². The maximum Gasteiger partial charge on any atom is 0.338 e. The van der Waals surface area contributed by atoms with E-state index in [0.29, 0.717) is 12.8 Å². The number of carbonyl (C=O) groups excluding carboxylic acids is 4. The number of rotatable bonds is 7. The zero-order valence-corrected chi connectivity index (χ0v) is 21.7. The van der Waals surface area contributed by atoms with Crippen LogP contribution in [-0.4, -0.2) is 58.5 Å². The van der Waals surface area contributed by atoms with Crippen LogP contribution < -0.4 is 0 Å². The third-order valence-corrected chi connectivity index (χ3v) is 7.80. The zero-order valence-electron chi connectivity index (χ0n) is 21.7. The SMILES string of the molecule is CCCC(=O)OC1CC(C)(OC(C)=O)C2C(OC(=O)C(C)CC)C=C(C)C2C2OC(=O)C(C)(O)C12. The minimum absolute atomic E-state index is 0.00958. The first-order chi connectivity index (χ1) is 16.3. The van der Waals surface area contributed by atoms with Crippen LogP contribution in [0, 0.1) is 23.7 Å². The first-order valence-electron chi connectivity index (χ1n) is 12.5. The Morgan fingerprint density at radius 1 is 1.20 bits per heavy atom. The molecular weight excluding hydrogens is 456 g/mol. The second-order valence-electron chi connectivity index (χ2n) is 10.6. The minimum Gasteiger partial charge on any atom is -0.462 e. The molecule has 1 heterocycles. The summed E-state index contributed by atoms with van der Waals surface area (Å²) in [5.74, 6) is -4.55.